The van der Waals surface area contributed by atoms with Crippen LogP contribution in [0, 0.1) is 20.8 Å². The van der Waals surface area contributed by atoms with Crippen LogP contribution in [0.15, 0.2) is 60.8 Å². The van der Waals surface area contributed by atoms with E-state index in [4.69, 9.17) is 0 Å². The summed E-state index contributed by atoms with van der Waals surface area (Å²) < 4.78 is 2.21. The van der Waals surface area contributed by atoms with E-state index in [0.29, 0.717) is 0 Å². The lowest BCUT2D eigenvalue weighted by atomic mass is 9.95. The smallest absolute Gasteiger partial charge is 0.201 e. The van der Waals surface area contributed by atoms with Crippen LogP contribution in [-0.4, -0.2) is 0 Å². The molecule has 0 aliphatic carbocycles. The third-order valence-corrected chi connectivity index (χ3v) is 4.25. The van der Waals surface area contributed by atoms with Crippen molar-refractivity contribution in [3.8, 4) is 22.4 Å². The van der Waals surface area contributed by atoms with E-state index >= 15 is 0 Å². The van der Waals surface area contributed by atoms with Gasteiger partial charge in [0.15, 0.2) is 6.20 Å². The molecular weight excluding hydrogens is 266 g/mol. The molecule has 110 valence electrons. The van der Waals surface area contributed by atoms with Crippen LogP contribution in [0.3, 0.4) is 0 Å². The molecule has 0 radical (unpaired) electrons. The van der Waals surface area contributed by atoms with Gasteiger partial charge in [-0.05, 0) is 55.2 Å². The zero-order chi connectivity index (χ0) is 15.7. The summed E-state index contributed by atoms with van der Waals surface area (Å²) in [6, 6.07) is 19.7. The molecule has 0 unspecified atom stereocenters. The minimum absolute atomic E-state index is 1.25. The minimum atomic E-state index is 1.25. The second-order valence-corrected chi connectivity index (χ2v) is 6.05. The van der Waals surface area contributed by atoms with Crippen LogP contribution in [0.4, 0.5) is 0 Å². The second kappa shape index (κ2) is 5.76. The fourth-order valence-corrected chi connectivity index (χ4v) is 2.99. The van der Waals surface area contributed by atoms with Gasteiger partial charge in [-0.1, -0.05) is 36.4 Å². The monoisotopic (exact) mass is 288 g/mol. The molecule has 1 aromatic heterocycles. The summed E-state index contributed by atoms with van der Waals surface area (Å²) in [5.74, 6) is 0. The number of aromatic nitrogens is 1. The van der Waals surface area contributed by atoms with Gasteiger partial charge >= 0.3 is 0 Å². The van der Waals surface area contributed by atoms with Crippen molar-refractivity contribution in [3.05, 3.63) is 77.5 Å². The minimum Gasteiger partial charge on any atom is -0.201 e. The van der Waals surface area contributed by atoms with Gasteiger partial charge in [-0.3, -0.25) is 0 Å². The van der Waals surface area contributed by atoms with Crippen LogP contribution in [-0.2, 0) is 7.05 Å². The molecule has 0 atom stereocenters. The SMILES string of the molecule is Cc1ccc(-c2cc(-c3ccccc3C)ccc2C)[n+](C)c1. The van der Waals surface area contributed by atoms with Crippen molar-refractivity contribution in [2.24, 2.45) is 7.05 Å². The number of benzene rings is 2. The maximum atomic E-state index is 2.31. The Hall–Kier alpha value is -2.41. The Kier molecular flexibility index (Phi) is 3.81. The molecule has 2 aromatic carbocycles. The zero-order valence-corrected chi connectivity index (χ0v) is 13.7. The van der Waals surface area contributed by atoms with Crippen molar-refractivity contribution in [1.29, 1.82) is 0 Å². The Morgan fingerprint density at radius 3 is 2.18 bits per heavy atom. The second-order valence-electron chi connectivity index (χ2n) is 6.05. The van der Waals surface area contributed by atoms with E-state index in [9.17, 15) is 0 Å². The number of pyridine rings is 1. The Bertz CT molecular complexity index is 831. The first kappa shape index (κ1) is 14.5. The van der Waals surface area contributed by atoms with Gasteiger partial charge in [-0.2, -0.15) is 0 Å². The highest BCUT2D eigenvalue weighted by atomic mass is 14.9. The summed E-state index contributed by atoms with van der Waals surface area (Å²) in [4.78, 5) is 0. The standard InChI is InChI=1S/C21H22N/c1-15-9-12-21(22(4)14-15)20-13-18(11-10-17(20)3)19-8-6-5-7-16(19)2/h5-14H,1-4H3/q+1. The third-order valence-electron chi connectivity index (χ3n) is 4.25. The highest BCUT2D eigenvalue weighted by molar-refractivity contribution is 5.74. The fourth-order valence-electron chi connectivity index (χ4n) is 2.99. The van der Waals surface area contributed by atoms with E-state index < -0.39 is 0 Å². The highest BCUT2D eigenvalue weighted by Gasteiger charge is 2.14. The van der Waals surface area contributed by atoms with Crippen molar-refractivity contribution < 1.29 is 4.57 Å². The Labute approximate surface area is 132 Å². The molecule has 0 amide bonds. The van der Waals surface area contributed by atoms with Gasteiger partial charge in [-0.15, -0.1) is 0 Å². The number of aryl methyl sites for hydroxylation is 4. The number of rotatable bonds is 2. The molecule has 0 bridgehead atoms. The molecule has 0 spiro atoms. The van der Waals surface area contributed by atoms with Crippen molar-refractivity contribution >= 4 is 0 Å². The van der Waals surface area contributed by atoms with Crippen LogP contribution in [0.2, 0.25) is 0 Å². The Balaban J connectivity index is 2.17. The van der Waals surface area contributed by atoms with Crippen molar-refractivity contribution in [2.75, 3.05) is 0 Å². The molecule has 0 fully saturated rings. The number of hydrogen-bond acceptors (Lipinski definition) is 0. The van der Waals surface area contributed by atoms with Crippen LogP contribution >= 0.6 is 0 Å². The molecule has 0 aliphatic heterocycles. The first-order chi connectivity index (χ1) is 10.6. The van der Waals surface area contributed by atoms with E-state index in [1.54, 1.807) is 0 Å². The summed E-state index contributed by atoms with van der Waals surface area (Å²) in [5, 5.41) is 0. The van der Waals surface area contributed by atoms with Crippen molar-refractivity contribution in [2.45, 2.75) is 20.8 Å². The number of nitrogens with zero attached hydrogens (tertiary/aromatic N) is 1. The molecule has 0 N–H and O–H groups in total. The van der Waals surface area contributed by atoms with Crippen LogP contribution < -0.4 is 4.57 Å². The third kappa shape index (κ3) is 2.67. The molecular formula is C21H22N+. The topological polar surface area (TPSA) is 3.88 Å². The molecule has 22 heavy (non-hydrogen) atoms. The average molecular weight is 288 g/mol. The van der Waals surface area contributed by atoms with Crippen LogP contribution in [0.25, 0.3) is 22.4 Å². The predicted octanol–water partition coefficient (Wildman–Crippen LogP) is 4.77. The van der Waals surface area contributed by atoms with E-state index in [1.807, 2.05) is 0 Å². The van der Waals surface area contributed by atoms with Crippen LogP contribution in [0.1, 0.15) is 16.7 Å². The van der Waals surface area contributed by atoms with Gasteiger partial charge in [0.2, 0.25) is 5.69 Å². The molecule has 3 rings (SSSR count). The Morgan fingerprint density at radius 1 is 0.727 bits per heavy atom. The summed E-state index contributed by atoms with van der Waals surface area (Å²) in [7, 11) is 2.11. The quantitative estimate of drug-likeness (QED) is 0.598. The molecule has 1 nitrogen and oxygen atoms in total. The molecule has 0 saturated heterocycles. The summed E-state index contributed by atoms with van der Waals surface area (Å²) in [6.07, 6.45) is 2.18. The van der Waals surface area contributed by atoms with Gasteiger partial charge in [0.25, 0.3) is 0 Å². The molecule has 1 heteroatoms. The lowest BCUT2D eigenvalue weighted by Gasteiger charge is -2.10. The maximum Gasteiger partial charge on any atom is 0.212 e. The van der Waals surface area contributed by atoms with Gasteiger partial charge < -0.3 is 0 Å². The summed E-state index contributed by atoms with van der Waals surface area (Å²) >= 11 is 0. The lowest BCUT2D eigenvalue weighted by Crippen LogP contribution is -2.31. The zero-order valence-electron chi connectivity index (χ0n) is 13.7. The van der Waals surface area contributed by atoms with Gasteiger partial charge in [0.05, 0.1) is 0 Å². The van der Waals surface area contributed by atoms with Gasteiger partial charge in [-0.25, -0.2) is 4.57 Å². The first-order valence-electron chi connectivity index (χ1n) is 7.69. The molecule has 3 aromatic rings. The summed E-state index contributed by atoms with van der Waals surface area (Å²) in [6.45, 7) is 6.47. The normalized spacial score (nSPS) is 10.7. The van der Waals surface area contributed by atoms with E-state index in [1.165, 1.54) is 39.1 Å². The van der Waals surface area contributed by atoms with Crippen molar-refractivity contribution in [1.82, 2.24) is 0 Å². The summed E-state index contributed by atoms with van der Waals surface area (Å²) in [5.41, 5.74) is 9.01. The predicted molar refractivity (Wildman–Crippen MR) is 92.7 cm³/mol. The molecule has 1 heterocycles. The lowest BCUT2D eigenvalue weighted by molar-refractivity contribution is -0.660. The fraction of sp³-hybridized carbons (Fsp3) is 0.190. The van der Waals surface area contributed by atoms with Crippen LogP contribution in [0.5, 0.6) is 0 Å². The largest absolute Gasteiger partial charge is 0.212 e. The van der Waals surface area contributed by atoms with Gasteiger partial charge in [0, 0.05) is 17.2 Å². The molecule has 0 aliphatic rings. The molecule has 0 saturated carbocycles. The maximum absolute atomic E-state index is 2.31. The van der Waals surface area contributed by atoms with Crippen molar-refractivity contribution in [3.63, 3.8) is 0 Å². The van der Waals surface area contributed by atoms with E-state index in [0.717, 1.165) is 0 Å². The Morgan fingerprint density at radius 2 is 1.45 bits per heavy atom. The average Bonchev–Trinajstić information content (AvgIpc) is 2.49. The van der Waals surface area contributed by atoms with Gasteiger partial charge in [0.1, 0.15) is 7.05 Å². The highest BCUT2D eigenvalue weighted by Crippen LogP contribution is 2.29. The number of hydrogen-bond donors (Lipinski definition) is 0. The first-order valence-corrected chi connectivity index (χ1v) is 7.69. The van der Waals surface area contributed by atoms with E-state index in [2.05, 4.69) is 93.2 Å². The van der Waals surface area contributed by atoms with E-state index in [-0.39, 0.29) is 0 Å².